The molecular weight excluding hydrogens is 206 g/mol. The molecule has 1 N–H and O–H groups in total. The van der Waals surface area contributed by atoms with Crippen molar-refractivity contribution in [2.75, 3.05) is 0 Å². The lowest BCUT2D eigenvalue weighted by molar-refractivity contribution is -0.136. The van der Waals surface area contributed by atoms with E-state index in [0.717, 1.165) is 11.1 Å². The van der Waals surface area contributed by atoms with Gasteiger partial charge in [0.25, 0.3) is 0 Å². The van der Waals surface area contributed by atoms with Crippen molar-refractivity contribution in [3.63, 3.8) is 0 Å². The summed E-state index contributed by atoms with van der Waals surface area (Å²) in [5.41, 5.74) is 1.90. The molecule has 0 radical (unpaired) electrons. The van der Waals surface area contributed by atoms with E-state index in [1.807, 2.05) is 24.3 Å². The Morgan fingerprint density at radius 1 is 1.44 bits per heavy atom. The van der Waals surface area contributed by atoms with Gasteiger partial charge in [0.05, 0.1) is 6.20 Å². The molecule has 0 fully saturated rings. The zero-order valence-corrected chi connectivity index (χ0v) is 8.59. The number of carboxylic acids is 1. The summed E-state index contributed by atoms with van der Waals surface area (Å²) in [4.78, 5) is 14.3. The smallest absolute Gasteiger partial charge is 0.303 e. The van der Waals surface area contributed by atoms with Gasteiger partial charge in [0.2, 0.25) is 0 Å². The molecule has 0 aliphatic carbocycles. The minimum absolute atomic E-state index is 0.139. The second kappa shape index (κ2) is 4.61. The molecule has 0 amide bonds. The zero-order valence-electron chi connectivity index (χ0n) is 8.59. The van der Waals surface area contributed by atoms with Crippen molar-refractivity contribution in [1.82, 2.24) is 4.98 Å². The molecule has 0 bridgehead atoms. The average molecular weight is 217 g/mol. The van der Waals surface area contributed by atoms with E-state index in [9.17, 15) is 4.79 Å². The molecule has 2 aromatic rings. The third-order valence-corrected chi connectivity index (χ3v) is 2.27. The highest BCUT2D eigenvalue weighted by Crippen LogP contribution is 2.20. The number of hydrogen-bond donors (Lipinski definition) is 1. The number of carboxylic acid groups (broad SMARTS) is 1. The quantitative estimate of drug-likeness (QED) is 0.853. The zero-order chi connectivity index (χ0) is 11.4. The highest BCUT2D eigenvalue weighted by Gasteiger charge is 2.03. The molecule has 4 heteroatoms. The van der Waals surface area contributed by atoms with E-state index in [0.29, 0.717) is 12.2 Å². The molecule has 0 aliphatic heterocycles. The lowest BCUT2D eigenvalue weighted by Crippen LogP contribution is -1.97. The van der Waals surface area contributed by atoms with Gasteiger partial charge in [0.15, 0.2) is 12.2 Å². The molecule has 1 heterocycles. The van der Waals surface area contributed by atoms with E-state index in [4.69, 9.17) is 9.52 Å². The van der Waals surface area contributed by atoms with Crippen molar-refractivity contribution in [1.29, 1.82) is 0 Å². The Balaban J connectivity index is 2.17. The third-order valence-electron chi connectivity index (χ3n) is 2.27. The summed E-state index contributed by atoms with van der Waals surface area (Å²) >= 11 is 0. The SMILES string of the molecule is O=C(O)CCc1cccc(-c2cnco2)c1. The summed E-state index contributed by atoms with van der Waals surface area (Å²) in [6.45, 7) is 0. The van der Waals surface area contributed by atoms with Crippen LogP contribution in [0.25, 0.3) is 11.3 Å². The Kier molecular flexibility index (Phi) is 3.00. The molecule has 82 valence electrons. The van der Waals surface area contributed by atoms with Crippen LogP contribution in [0.2, 0.25) is 0 Å². The first-order valence-electron chi connectivity index (χ1n) is 4.95. The number of rotatable bonds is 4. The number of oxazole rings is 1. The summed E-state index contributed by atoms with van der Waals surface area (Å²) in [6, 6.07) is 7.62. The summed E-state index contributed by atoms with van der Waals surface area (Å²) in [6.07, 6.45) is 3.67. The van der Waals surface area contributed by atoms with Crippen molar-refractivity contribution < 1.29 is 14.3 Å². The molecule has 4 nitrogen and oxygen atoms in total. The largest absolute Gasteiger partial charge is 0.481 e. The van der Waals surface area contributed by atoms with E-state index < -0.39 is 5.97 Å². The summed E-state index contributed by atoms with van der Waals surface area (Å²) in [5, 5.41) is 8.60. The second-order valence-corrected chi connectivity index (χ2v) is 3.46. The molecule has 0 unspecified atom stereocenters. The van der Waals surface area contributed by atoms with Crippen LogP contribution in [0.5, 0.6) is 0 Å². The van der Waals surface area contributed by atoms with Gasteiger partial charge in [-0.1, -0.05) is 18.2 Å². The molecule has 0 spiro atoms. The summed E-state index contributed by atoms with van der Waals surface area (Å²) < 4.78 is 5.17. The number of carbonyl (C=O) groups is 1. The first kappa shape index (κ1) is 10.4. The molecule has 0 saturated carbocycles. The molecule has 0 aliphatic rings. The molecule has 2 rings (SSSR count). The second-order valence-electron chi connectivity index (χ2n) is 3.46. The van der Waals surface area contributed by atoms with E-state index in [1.54, 1.807) is 6.20 Å². The van der Waals surface area contributed by atoms with E-state index in [-0.39, 0.29) is 6.42 Å². The van der Waals surface area contributed by atoms with Gasteiger partial charge < -0.3 is 9.52 Å². The van der Waals surface area contributed by atoms with Crippen LogP contribution >= 0.6 is 0 Å². The maximum atomic E-state index is 10.5. The van der Waals surface area contributed by atoms with Crippen LogP contribution in [0.4, 0.5) is 0 Å². The molecule has 16 heavy (non-hydrogen) atoms. The van der Waals surface area contributed by atoms with Crippen molar-refractivity contribution >= 4 is 5.97 Å². The topological polar surface area (TPSA) is 63.3 Å². The van der Waals surface area contributed by atoms with Crippen LogP contribution in [-0.4, -0.2) is 16.1 Å². The lowest BCUT2D eigenvalue weighted by Gasteiger charge is -2.01. The van der Waals surface area contributed by atoms with E-state index in [2.05, 4.69) is 4.98 Å². The fraction of sp³-hybridized carbons (Fsp3) is 0.167. The van der Waals surface area contributed by atoms with Crippen LogP contribution in [0.1, 0.15) is 12.0 Å². The van der Waals surface area contributed by atoms with E-state index in [1.165, 1.54) is 6.39 Å². The monoisotopic (exact) mass is 217 g/mol. The third kappa shape index (κ3) is 2.48. The number of aromatic nitrogens is 1. The molecule has 0 atom stereocenters. The first-order valence-corrected chi connectivity index (χ1v) is 4.95. The van der Waals surface area contributed by atoms with Crippen molar-refractivity contribution in [2.24, 2.45) is 0 Å². The van der Waals surface area contributed by atoms with Gasteiger partial charge in [-0.25, -0.2) is 4.98 Å². The van der Waals surface area contributed by atoms with Gasteiger partial charge in [-0.05, 0) is 18.1 Å². The Morgan fingerprint density at radius 3 is 3.00 bits per heavy atom. The number of hydrogen-bond acceptors (Lipinski definition) is 3. The molecule has 1 aromatic carbocycles. The highest BCUT2D eigenvalue weighted by atomic mass is 16.4. The van der Waals surface area contributed by atoms with Crippen LogP contribution in [0, 0.1) is 0 Å². The van der Waals surface area contributed by atoms with Crippen LogP contribution < -0.4 is 0 Å². The van der Waals surface area contributed by atoms with Gasteiger partial charge in [-0.3, -0.25) is 4.79 Å². The van der Waals surface area contributed by atoms with Crippen LogP contribution in [0.15, 0.2) is 41.3 Å². The number of aliphatic carboxylic acids is 1. The predicted molar refractivity (Wildman–Crippen MR) is 57.9 cm³/mol. The minimum atomic E-state index is -0.787. The number of benzene rings is 1. The highest BCUT2D eigenvalue weighted by molar-refractivity contribution is 5.67. The Morgan fingerprint density at radius 2 is 2.31 bits per heavy atom. The fourth-order valence-electron chi connectivity index (χ4n) is 1.49. The number of nitrogens with zero attached hydrogens (tertiary/aromatic N) is 1. The minimum Gasteiger partial charge on any atom is -0.481 e. The van der Waals surface area contributed by atoms with Crippen LogP contribution in [0.3, 0.4) is 0 Å². The standard InChI is InChI=1S/C12H11NO3/c14-12(15)5-4-9-2-1-3-10(6-9)11-7-13-8-16-11/h1-3,6-8H,4-5H2,(H,14,15). The average Bonchev–Trinajstić information content (AvgIpc) is 2.80. The van der Waals surface area contributed by atoms with Gasteiger partial charge in [0, 0.05) is 12.0 Å². The fourth-order valence-corrected chi connectivity index (χ4v) is 1.49. The van der Waals surface area contributed by atoms with Crippen molar-refractivity contribution in [3.8, 4) is 11.3 Å². The predicted octanol–water partition coefficient (Wildman–Crippen LogP) is 2.36. The maximum Gasteiger partial charge on any atom is 0.303 e. The Hall–Kier alpha value is -2.10. The first-order chi connectivity index (χ1) is 7.75. The Bertz CT molecular complexity index is 477. The summed E-state index contributed by atoms with van der Waals surface area (Å²) in [7, 11) is 0. The maximum absolute atomic E-state index is 10.5. The van der Waals surface area contributed by atoms with Gasteiger partial charge in [-0.15, -0.1) is 0 Å². The molecule has 1 aromatic heterocycles. The number of aryl methyl sites for hydroxylation is 1. The summed E-state index contributed by atoms with van der Waals surface area (Å²) in [5.74, 6) is -0.0951. The van der Waals surface area contributed by atoms with Gasteiger partial charge in [0.1, 0.15) is 0 Å². The lowest BCUT2D eigenvalue weighted by atomic mass is 10.1. The van der Waals surface area contributed by atoms with Crippen molar-refractivity contribution in [2.45, 2.75) is 12.8 Å². The van der Waals surface area contributed by atoms with Crippen LogP contribution in [-0.2, 0) is 11.2 Å². The molecule has 0 saturated heterocycles. The Labute approximate surface area is 92.6 Å². The van der Waals surface area contributed by atoms with Gasteiger partial charge in [-0.2, -0.15) is 0 Å². The normalized spacial score (nSPS) is 10.2. The molecular formula is C12H11NO3. The van der Waals surface area contributed by atoms with Gasteiger partial charge >= 0.3 is 5.97 Å². The van der Waals surface area contributed by atoms with E-state index >= 15 is 0 Å². The van der Waals surface area contributed by atoms with Crippen molar-refractivity contribution in [3.05, 3.63) is 42.4 Å².